The van der Waals surface area contributed by atoms with Crippen LogP contribution in [-0.4, -0.2) is 12.8 Å². The molecule has 0 spiro atoms. The molecule has 0 aliphatic carbocycles. The quantitative estimate of drug-likeness (QED) is 0.548. The van der Waals surface area contributed by atoms with E-state index in [0.29, 0.717) is 12.5 Å². The molecule has 0 aromatic heterocycles. The second-order valence-corrected chi connectivity index (χ2v) is 2.27. The summed E-state index contributed by atoms with van der Waals surface area (Å²) >= 11 is 0. The van der Waals surface area contributed by atoms with Gasteiger partial charge in [-0.2, -0.15) is 0 Å². The van der Waals surface area contributed by atoms with E-state index in [4.69, 9.17) is 11.1 Å². The number of allylic oxidation sites excluding steroid dienone is 1. The van der Waals surface area contributed by atoms with E-state index >= 15 is 0 Å². The summed E-state index contributed by atoms with van der Waals surface area (Å²) in [5, 5.41) is 6.77. The van der Waals surface area contributed by atoms with Gasteiger partial charge in [0.1, 0.15) is 0 Å². The first-order chi connectivity index (χ1) is 4.22. The van der Waals surface area contributed by atoms with Crippen LogP contribution in [0.25, 0.3) is 0 Å². The molecule has 0 aliphatic rings. The molecule has 0 bridgehead atoms. The van der Waals surface area contributed by atoms with E-state index in [-0.39, 0.29) is 0 Å². The Balaban J connectivity index is 3.96. The highest BCUT2D eigenvalue weighted by Gasteiger charge is 1.97. The van der Waals surface area contributed by atoms with Crippen LogP contribution in [0.1, 0.15) is 13.8 Å². The average Bonchev–Trinajstić information content (AvgIpc) is 1.82. The Labute approximate surface area is 56.3 Å². The second-order valence-electron chi connectivity index (χ2n) is 2.27. The molecule has 0 amide bonds. The van der Waals surface area contributed by atoms with Crippen LogP contribution in [0.15, 0.2) is 11.6 Å². The lowest BCUT2D eigenvalue weighted by Gasteiger charge is -2.05. The third kappa shape index (κ3) is 3.03. The van der Waals surface area contributed by atoms with Gasteiger partial charge in [0.15, 0.2) is 0 Å². The maximum Gasteiger partial charge on any atom is 0.0177 e. The van der Waals surface area contributed by atoms with Gasteiger partial charge in [-0.25, -0.2) is 0 Å². The largest absolute Gasteiger partial charge is 0.327 e. The summed E-state index contributed by atoms with van der Waals surface area (Å²) in [6, 6.07) is 0. The van der Waals surface area contributed by atoms with Crippen molar-refractivity contribution < 1.29 is 0 Å². The molecular formula is C7H14N2. The van der Waals surface area contributed by atoms with Crippen LogP contribution in [-0.2, 0) is 0 Å². The molecule has 0 saturated heterocycles. The van der Waals surface area contributed by atoms with E-state index < -0.39 is 0 Å². The standard InChI is InChI=1S/C7H14N2/c1-6(2)7(5-9)3-4-8/h3-4,6,8H,5,9H2,1-2H3/b7-3-,8-4?. The molecule has 0 aromatic rings. The Morgan fingerprint density at radius 3 is 2.33 bits per heavy atom. The molecule has 0 fully saturated rings. The van der Waals surface area contributed by atoms with E-state index in [1.807, 2.05) is 0 Å². The average molecular weight is 126 g/mol. The van der Waals surface area contributed by atoms with Crippen LogP contribution in [0, 0.1) is 11.3 Å². The van der Waals surface area contributed by atoms with E-state index in [0.717, 1.165) is 5.57 Å². The van der Waals surface area contributed by atoms with E-state index in [1.165, 1.54) is 6.21 Å². The SMILES string of the molecule is CC(C)/C(=C\C=N)CN. The Hall–Kier alpha value is -0.630. The van der Waals surface area contributed by atoms with Gasteiger partial charge in [0.25, 0.3) is 0 Å². The van der Waals surface area contributed by atoms with Gasteiger partial charge >= 0.3 is 0 Å². The summed E-state index contributed by atoms with van der Waals surface area (Å²) in [6.45, 7) is 4.71. The van der Waals surface area contributed by atoms with Crippen LogP contribution < -0.4 is 5.73 Å². The van der Waals surface area contributed by atoms with Gasteiger partial charge < -0.3 is 11.1 Å². The van der Waals surface area contributed by atoms with Crippen LogP contribution in [0.5, 0.6) is 0 Å². The minimum absolute atomic E-state index is 0.469. The fraction of sp³-hybridized carbons (Fsp3) is 0.571. The van der Waals surface area contributed by atoms with E-state index in [2.05, 4.69) is 13.8 Å². The molecule has 2 nitrogen and oxygen atoms in total. The van der Waals surface area contributed by atoms with Gasteiger partial charge in [-0.3, -0.25) is 0 Å². The molecule has 0 heterocycles. The molecule has 0 saturated carbocycles. The number of hydrogen-bond donors (Lipinski definition) is 2. The van der Waals surface area contributed by atoms with E-state index in [9.17, 15) is 0 Å². The summed E-state index contributed by atoms with van der Waals surface area (Å²) in [7, 11) is 0. The van der Waals surface area contributed by atoms with Gasteiger partial charge in [-0.1, -0.05) is 19.4 Å². The minimum atomic E-state index is 0.469. The summed E-state index contributed by atoms with van der Waals surface area (Å²) < 4.78 is 0. The zero-order valence-corrected chi connectivity index (χ0v) is 6.02. The molecule has 2 heteroatoms. The molecule has 0 aromatic carbocycles. The molecule has 9 heavy (non-hydrogen) atoms. The van der Waals surface area contributed by atoms with Gasteiger partial charge in [-0.15, -0.1) is 0 Å². The maximum atomic E-state index is 6.77. The Bertz CT molecular complexity index is 114. The van der Waals surface area contributed by atoms with Crippen molar-refractivity contribution in [3.63, 3.8) is 0 Å². The van der Waals surface area contributed by atoms with Crippen molar-refractivity contribution in [3.8, 4) is 0 Å². The van der Waals surface area contributed by atoms with Crippen molar-refractivity contribution in [1.82, 2.24) is 0 Å². The van der Waals surface area contributed by atoms with Gasteiger partial charge in [0.05, 0.1) is 0 Å². The van der Waals surface area contributed by atoms with Crippen molar-refractivity contribution in [1.29, 1.82) is 5.41 Å². The number of nitrogens with two attached hydrogens (primary N) is 1. The summed E-state index contributed by atoms with van der Waals surface area (Å²) in [5.41, 5.74) is 6.52. The first-order valence-corrected chi connectivity index (χ1v) is 3.12. The zero-order chi connectivity index (χ0) is 7.28. The lowest BCUT2D eigenvalue weighted by atomic mass is 10.0. The number of hydrogen-bond acceptors (Lipinski definition) is 2. The van der Waals surface area contributed by atoms with Crippen molar-refractivity contribution in [3.05, 3.63) is 11.6 Å². The minimum Gasteiger partial charge on any atom is -0.327 e. The summed E-state index contributed by atoms with van der Waals surface area (Å²) in [5.74, 6) is 0.469. The first-order valence-electron chi connectivity index (χ1n) is 3.12. The molecule has 0 atom stereocenters. The number of rotatable bonds is 3. The highest BCUT2D eigenvalue weighted by molar-refractivity contribution is 5.69. The summed E-state index contributed by atoms with van der Waals surface area (Å²) in [4.78, 5) is 0. The third-order valence-electron chi connectivity index (χ3n) is 1.27. The Morgan fingerprint density at radius 2 is 2.22 bits per heavy atom. The molecule has 0 radical (unpaired) electrons. The Morgan fingerprint density at radius 1 is 1.67 bits per heavy atom. The molecule has 0 unspecified atom stereocenters. The predicted octanol–water partition coefficient (Wildman–Crippen LogP) is 1.18. The second kappa shape index (κ2) is 4.27. The number of nitrogens with one attached hydrogen (secondary N) is 1. The van der Waals surface area contributed by atoms with Crippen molar-refractivity contribution in [2.75, 3.05) is 6.54 Å². The lowest BCUT2D eigenvalue weighted by molar-refractivity contribution is 0.747. The van der Waals surface area contributed by atoms with E-state index in [1.54, 1.807) is 6.08 Å². The maximum absolute atomic E-state index is 6.77. The summed E-state index contributed by atoms with van der Waals surface area (Å²) in [6.07, 6.45) is 3.03. The molecule has 52 valence electrons. The van der Waals surface area contributed by atoms with Crippen LogP contribution >= 0.6 is 0 Å². The molecule has 3 N–H and O–H groups in total. The molecular weight excluding hydrogens is 112 g/mol. The van der Waals surface area contributed by atoms with Crippen LogP contribution in [0.3, 0.4) is 0 Å². The van der Waals surface area contributed by atoms with Crippen LogP contribution in [0.4, 0.5) is 0 Å². The first kappa shape index (κ1) is 8.37. The zero-order valence-electron chi connectivity index (χ0n) is 6.02. The monoisotopic (exact) mass is 126 g/mol. The fourth-order valence-corrected chi connectivity index (χ4v) is 0.603. The lowest BCUT2D eigenvalue weighted by Crippen LogP contribution is -2.08. The Kier molecular flexibility index (Phi) is 3.97. The molecule has 0 rings (SSSR count). The van der Waals surface area contributed by atoms with Crippen molar-refractivity contribution in [2.45, 2.75) is 13.8 Å². The van der Waals surface area contributed by atoms with Gasteiger partial charge in [0, 0.05) is 12.8 Å². The van der Waals surface area contributed by atoms with Gasteiger partial charge in [0.2, 0.25) is 0 Å². The normalized spacial score (nSPS) is 12.2. The topological polar surface area (TPSA) is 49.9 Å². The van der Waals surface area contributed by atoms with Crippen molar-refractivity contribution in [2.24, 2.45) is 11.7 Å². The fourth-order valence-electron chi connectivity index (χ4n) is 0.603. The van der Waals surface area contributed by atoms with Crippen molar-refractivity contribution >= 4 is 6.21 Å². The van der Waals surface area contributed by atoms with Crippen LogP contribution in [0.2, 0.25) is 0 Å². The highest BCUT2D eigenvalue weighted by atomic mass is 14.5. The predicted molar refractivity (Wildman–Crippen MR) is 40.8 cm³/mol. The smallest absolute Gasteiger partial charge is 0.0177 e. The molecule has 0 aliphatic heterocycles. The van der Waals surface area contributed by atoms with Gasteiger partial charge in [-0.05, 0) is 12.0 Å². The third-order valence-corrected chi connectivity index (χ3v) is 1.27. The highest BCUT2D eigenvalue weighted by Crippen LogP contribution is 2.05.